The predicted octanol–water partition coefficient (Wildman–Crippen LogP) is 2.10. The third-order valence-corrected chi connectivity index (χ3v) is 5.76. The summed E-state index contributed by atoms with van der Waals surface area (Å²) in [6, 6.07) is 5.76. The minimum absolute atomic E-state index is 0.0548. The standard InChI is InChI=1S/C16H23NO5S/c1-5-23(21,22)13-8-6-7-12(9-13)15(20)17-16(4,11(2)3)10-14(18)19/h6-9,11H,5,10H2,1-4H3,(H,17,20)(H,18,19). The molecule has 6 nitrogen and oxygen atoms in total. The Labute approximate surface area is 136 Å². The second-order valence-electron chi connectivity index (χ2n) is 6.03. The molecule has 1 rings (SSSR count). The van der Waals surface area contributed by atoms with Gasteiger partial charge in [0.1, 0.15) is 0 Å². The number of sulfone groups is 1. The van der Waals surface area contributed by atoms with E-state index in [0.717, 1.165) is 0 Å². The van der Waals surface area contributed by atoms with Gasteiger partial charge in [0.05, 0.1) is 22.6 Å². The minimum atomic E-state index is -3.41. The van der Waals surface area contributed by atoms with Gasteiger partial charge in [-0.25, -0.2) is 8.42 Å². The molecule has 0 aliphatic rings. The summed E-state index contributed by atoms with van der Waals surface area (Å²) in [5, 5.41) is 11.8. The fourth-order valence-electron chi connectivity index (χ4n) is 2.04. The van der Waals surface area contributed by atoms with Crippen LogP contribution in [0.5, 0.6) is 0 Å². The van der Waals surface area contributed by atoms with E-state index in [1.54, 1.807) is 6.92 Å². The number of hydrogen-bond acceptors (Lipinski definition) is 4. The first kappa shape index (κ1) is 19.2. The number of aliphatic carboxylic acids is 1. The van der Waals surface area contributed by atoms with Crippen LogP contribution in [0.15, 0.2) is 29.2 Å². The number of carboxylic acid groups (broad SMARTS) is 1. The summed E-state index contributed by atoms with van der Waals surface area (Å²) in [4.78, 5) is 23.5. The number of carbonyl (C=O) groups is 2. The molecule has 1 atom stereocenters. The third-order valence-electron chi connectivity index (χ3n) is 4.03. The van der Waals surface area contributed by atoms with Crippen molar-refractivity contribution in [1.82, 2.24) is 5.32 Å². The van der Waals surface area contributed by atoms with Crippen LogP contribution in [0.4, 0.5) is 0 Å². The van der Waals surface area contributed by atoms with Crippen molar-refractivity contribution in [3.05, 3.63) is 29.8 Å². The van der Waals surface area contributed by atoms with E-state index in [-0.39, 0.29) is 28.6 Å². The zero-order chi connectivity index (χ0) is 17.8. The number of rotatable bonds is 7. The van der Waals surface area contributed by atoms with Gasteiger partial charge in [-0.3, -0.25) is 9.59 Å². The van der Waals surface area contributed by atoms with Crippen molar-refractivity contribution < 1.29 is 23.1 Å². The number of hydrogen-bond donors (Lipinski definition) is 2. The Kier molecular flexibility index (Phi) is 5.93. The molecule has 0 spiro atoms. The number of carboxylic acids is 1. The summed E-state index contributed by atoms with van der Waals surface area (Å²) in [6.45, 7) is 6.84. The Bertz CT molecular complexity index is 696. The molecular formula is C16H23NO5S. The summed E-state index contributed by atoms with van der Waals surface area (Å²) in [5.41, 5.74) is -0.737. The maximum atomic E-state index is 12.4. The molecule has 0 saturated heterocycles. The molecule has 0 aliphatic heterocycles. The van der Waals surface area contributed by atoms with Gasteiger partial charge < -0.3 is 10.4 Å². The zero-order valence-electron chi connectivity index (χ0n) is 13.8. The van der Waals surface area contributed by atoms with Gasteiger partial charge in [0.15, 0.2) is 9.84 Å². The first-order chi connectivity index (χ1) is 10.5. The van der Waals surface area contributed by atoms with E-state index in [0.29, 0.717) is 0 Å². The van der Waals surface area contributed by atoms with Crippen LogP contribution in [0.1, 0.15) is 44.5 Å². The van der Waals surface area contributed by atoms with E-state index in [2.05, 4.69) is 5.32 Å². The summed E-state index contributed by atoms with van der Waals surface area (Å²) < 4.78 is 23.8. The Hall–Kier alpha value is -1.89. The highest BCUT2D eigenvalue weighted by atomic mass is 32.2. The van der Waals surface area contributed by atoms with E-state index in [4.69, 9.17) is 5.11 Å². The normalized spacial score (nSPS) is 14.3. The molecule has 1 aromatic rings. The fraction of sp³-hybridized carbons (Fsp3) is 0.500. The fourth-order valence-corrected chi connectivity index (χ4v) is 2.96. The van der Waals surface area contributed by atoms with Crippen molar-refractivity contribution in [2.24, 2.45) is 5.92 Å². The lowest BCUT2D eigenvalue weighted by Crippen LogP contribution is -2.51. The topological polar surface area (TPSA) is 101 Å². The lowest BCUT2D eigenvalue weighted by Gasteiger charge is -2.33. The largest absolute Gasteiger partial charge is 0.481 e. The van der Waals surface area contributed by atoms with Gasteiger partial charge in [0, 0.05) is 5.56 Å². The summed E-state index contributed by atoms with van der Waals surface area (Å²) in [5.74, 6) is -1.66. The summed E-state index contributed by atoms with van der Waals surface area (Å²) >= 11 is 0. The van der Waals surface area contributed by atoms with Gasteiger partial charge >= 0.3 is 5.97 Å². The highest BCUT2D eigenvalue weighted by Gasteiger charge is 2.33. The van der Waals surface area contributed by atoms with Crippen molar-refractivity contribution >= 4 is 21.7 Å². The average molecular weight is 341 g/mol. The van der Waals surface area contributed by atoms with Crippen LogP contribution in [0.2, 0.25) is 0 Å². The molecular weight excluding hydrogens is 318 g/mol. The summed E-state index contributed by atoms with van der Waals surface area (Å²) in [7, 11) is -3.41. The van der Waals surface area contributed by atoms with Gasteiger partial charge in [-0.1, -0.05) is 26.8 Å². The van der Waals surface area contributed by atoms with Crippen LogP contribution in [0.25, 0.3) is 0 Å². The van der Waals surface area contributed by atoms with Crippen molar-refractivity contribution in [2.75, 3.05) is 5.75 Å². The average Bonchev–Trinajstić information content (AvgIpc) is 2.46. The monoisotopic (exact) mass is 341 g/mol. The quantitative estimate of drug-likeness (QED) is 0.791. The Morgan fingerprint density at radius 3 is 2.39 bits per heavy atom. The number of amides is 1. The van der Waals surface area contributed by atoms with Gasteiger partial charge in [0.2, 0.25) is 0 Å². The molecule has 23 heavy (non-hydrogen) atoms. The molecule has 0 aliphatic carbocycles. The van der Waals surface area contributed by atoms with Crippen LogP contribution in [-0.2, 0) is 14.6 Å². The maximum absolute atomic E-state index is 12.4. The van der Waals surface area contributed by atoms with Crippen LogP contribution >= 0.6 is 0 Å². The molecule has 1 amide bonds. The second kappa shape index (κ2) is 7.12. The molecule has 0 bridgehead atoms. The van der Waals surface area contributed by atoms with Gasteiger partial charge in [-0.15, -0.1) is 0 Å². The van der Waals surface area contributed by atoms with E-state index >= 15 is 0 Å². The molecule has 0 heterocycles. The maximum Gasteiger partial charge on any atom is 0.305 e. The van der Waals surface area contributed by atoms with E-state index < -0.39 is 27.3 Å². The van der Waals surface area contributed by atoms with E-state index in [9.17, 15) is 18.0 Å². The highest BCUT2D eigenvalue weighted by Crippen LogP contribution is 2.22. The lowest BCUT2D eigenvalue weighted by atomic mass is 9.85. The smallest absolute Gasteiger partial charge is 0.305 e. The van der Waals surface area contributed by atoms with E-state index in [1.165, 1.54) is 31.2 Å². The van der Waals surface area contributed by atoms with Crippen LogP contribution < -0.4 is 5.32 Å². The van der Waals surface area contributed by atoms with Crippen molar-refractivity contribution in [3.63, 3.8) is 0 Å². The molecule has 128 valence electrons. The second-order valence-corrected chi connectivity index (χ2v) is 8.31. The number of benzene rings is 1. The Morgan fingerprint density at radius 2 is 1.91 bits per heavy atom. The first-order valence-electron chi connectivity index (χ1n) is 7.39. The van der Waals surface area contributed by atoms with Gasteiger partial charge in [-0.2, -0.15) is 0 Å². The first-order valence-corrected chi connectivity index (χ1v) is 9.04. The molecule has 0 fully saturated rings. The number of carbonyl (C=O) groups excluding carboxylic acids is 1. The zero-order valence-corrected chi connectivity index (χ0v) is 14.6. The third kappa shape index (κ3) is 4.79. The molecule has 2 N–H and O–H groups in total. The molecule has 7 heteroatoms. The SMILES string of the molecule is CCS(=O)(=O)c1cccc(C(=O)NC(C)(CC(=O)O)C(C)C)c1. The molecule has 1 unspecified atom stereocenters. The van der Waals surface area contributed by atoms with Crippen LogP contribution in [0, 0.1) is 5.92 Å². The molecule has 0 aromatic heterocycles. The molecule has 1 aromatic carbocycles. The minimum Gasteiger partial charge on any atom is -0.481 e. The van der Waals surface area contributed by atoms with Crippen LogP contribution in [0.3, 0.4) is 0 Å². The van der Waals surface area contributed by atoms with Crippen molar-refractivity contribution in [2.45, 2.75) is 44.6 Å². The highest BCUT2D eigenvalue weighted by molar-refractivity contribution is 7.91. The molecule has 0 saturated carbocycles. The Balaban J connectivity index is 3.10. The predicted molar refractivity (Wildman–Crippen MR) is 87.1 cm³/mol. The van der Waals surface area contributed by atoms with Gasteiger partial charge in [-0.05, 0) is 31.0 Å². The van der Waals surface area contributed by atoms with E-state index in [1.807, 2.05) is 13.8 Å². The summed E-state index contributed by atoms with van der Waals surface area (Å²) in [6.07, 6.45) is -0.219. The number of nitrogens with one attached hydrogen (secondary N) is 1. The van der Waals surface area contributed by atoms with Crippen molar-refractivity contribution in [1.29, 1.82) is 0 Å². The van der Waals surface area contributed by atoms with Crippen molar-refractivity contribution in [3.8, 4) is 0 Å². The Morgan fingerprint density at radius 1 is 1.30 bits per heavy atom. The molecule has 0 radical (unpaired) electrons. The van der Waals surface area contributed by atoms with Crippen LogP contribution in [-0.4, -0.2) is 36.7 Å². The van der Waals surface area contributed by atoms with Gasteiger partial charge in [0.25, 0.3) is 5.91 Å². The lowest BCUT2D eigenvalue weighted by molar-refractivity contribution is -0.138.